The molecule has 0 radical (unpaired) electrons. The van der Waals surface area contributed by atoms with E-state index in [4.69, 9.17) is 4.98 Å². The first-order valence-corrected chi connectivity index (χ1v) is 7.88. The standard InChI is InChI=1S/C15H25NS/c1-12-13(2)17-14(16-12)15(3)10-8-6-4-5-7-9-11-15/h4-11H2,1-3H3. The molecule has 1 heterocycles. The van der Waals surface area contributed by atoms with E-state index < -0.39 is 0 Å². The minimum atomic E-state index is 0.355. The largest absolute Gasteiger partial charge is 0.246 e. The van der Waals surface area contributed by atoms with Crippen LogP contribution in [-0.4, -0.2) is 4.98 Å². The molecule has 1 aliphatic rings. The highest BCUT2D eigenvalue weighted by Gasteiger charge is 2.29. The van der Waals surface area contributed by atoms with Gasteiger partial charge in [0.1, 0.15) is 0 Å². The highest BCUT2D eigenvalue weighted by Crippen LogP contribution is 2.39. The molecule has 0 spiro atoms. The van der Waals surface area contributed by atoms with Gasteiger partial charge in [-0.05, 0) is 26.7 Å². The average molecular weight is 251 g/mol. The summed E-state index contributed by atoms with van der Waals surface area (Å²) in [5, 5.41) is 1.40. The summed E-state index contributed by atoms with van der Waals surface area (Å²) < 4.78 is 0. The fourth-order valence-electron chi connectivity index (χ4n) is 2.81. The average Bonchev–Trinajstić information content (AvgIpc) is 2.68. The van der Waals surface area contributed by atoms with Crippen molar-refractivity contribution in [2.45, 2.75) is 77.6 Å². The first kappa shape index (κ1) is 13.1. The van der Waals surface area contributed by atoms with Crippen LogP contribution in [0, 0.1) is 13.8 Å². The lowest BCUT2D eigenvalue weighted by Crippen LogP contribution is -2.21. The van der Waals surface area contributed by atoms with Crippen LogP contribution >= 0.6 is 11.3 Å². The van der Waals surface area contributed by atoms with Crippen LogP contribution in [0.15, 0.2) is 0 Å². The van der Waals surface area contributed by atoms with Crippen LogP contribution in [0.3, 0.4) is 0 Å². The molecule has 2 heteroatoms. The van der Waals surface area contributed by atoms with E-state index in [2.05, 4.69) is 20.8 Å². The van der Waals surface area contributed by atoms with E-state index in [-0.39, 0.29) is 0 Å². The van der Waals surface area contributed by atoms with Crippen molar-refractivity contribution in [1.82, 2.24) is 4.98 Å². The van der Waals surface area contributed by atoms with Gasteiger partial charge in [-0.1, -0.05) is 45.4 Å². The zero-order valence-electron chi connectivity index (χ0n) is 11.5. The van der Waals surface area contributed by atoms with E-state index in [9.17, 15) is 0 Å². The summed E-state index contributed by atoms with van der Waals surface area (Å²) in [6.45, 7) is 6.79. The molecule has 0 bridgehead atoms. The van der Waals surface area contributed by atoms with E-state index in [1.807, 2.05) is 11.3 Å². The summed E-state index contributed by atoms with van der Waals surface area (Å²) in [4.78, 5) is 6.23. The van der Waals surface area contributed by atoms with Gasteiger partial charge in [0.25, 0.3) is 0 Å². The molecule has 0 N–H and O–H groups in total. The zero-order chi connectivity index (χ0) is 12.3. The Morgan fingerprint density at radius 3 is 1.94 bits per heavy atom. The fourth-order valence-corrected chi connectivity index (χ4v) is 3.92. The van der Waals surface area contributed by atoms with Gasteiger partial charge in [0.15, 0.2) is 0 Å². The van der Waals surface area contributed by atoms with Gasteiger partial charge < -0.3 is 0 Å². The molecule has 96 valence electrons. The maximum absolute atomic E-state index is 4.83. The second kappa shape index (κ2) is 5.51. The van der Waals surface area contributed by atoms with Crippen molar-refractivity contribution in [2.24, 2.45) is 0 Å². The summed E-state index contributed by atoms with van der Waals surface area (Å²) in [5.74, 6) is 0. The summed E-state index contributed by atoms with van der Waals surface area (Å²) in [6.07, 6.45) is 11.1. The first-order valence-electron chi connectivity index (χ1n) is 7.06. The Labute approximate surface area is 110 Å². The van der Waals surface area contributed by atoms with Crippen molar-refractivity contribution in [1.29, 1.82) is 0 Å². The lowest BCUT2D eigenvalue weighted by molar-refractivity contribution is 0.379. The molecular weight excluding hydrogens is 226 g/mol. The molecule has 0 aliphatic heterocycles. The van der Waals surface area contributed by atoms with Gasteiger partial charge in [-0.25, -0.2) is 4.98 Å². The maximum Gasteiger partial charge on any atom is 0.0989 e. The van der Waals surface area contributed by atoms with Gasteiger partial charge in [0.05, 0.1) is 10.7 Å². The van der Waals surface area contributed by atoms with Gasteiger partial charge in [-0.15, -0.1) is 11.3 Å². The van der Waals surface area contributed by atoms with Gasteiger partial charge in [0.2, 0.25) is 0 Å². The monoisotopic (exact) mass is 251 g/mol. The number of aryl methyl sites for hydroxylation is 2. The van der Waals surface area contributed by atoms with E-state index in [0.717, 1.165) is 0 Å². The van der Waals surface area contributed by atoms with Crippen molar-refractivity contribution in [3.05, 3.63) is 15.6 Å². The number of hydrogen-bond donors (Lipinski definition) is 0. The van der Waals surface area contributed by atoms with Crippen molar-refractivity contribution in [2.75, 3.05) is 0 Å². The molecule has 0 amide bonds. The Kier molecular flexibility index (Phi) is 4.24. The molecule has 1 aliphatic carbocycles. The predicted molar refractivity (Wildman–Crippen MR) is 75.9 cm³/mol. The smallest absolute Gasteiger partial charge is 0.0989 e. The highest BCUT2D eigenvalue weighted by molar-refractivity contribution is 7.11. The molecule has 0 unspecified atom stereocenters. The molecule has 1 aromatic rings. The predicted octanol–water partition coefficient (Wildman–Crippen LogP) is 5.15. The SMILES string of the molecule is Cc1nc(C2(C)CCCCCCCC2)sc1C. The van der Waals surface area contributed by atoms with Crippen LogP contribution in [-0.2, 0) is 5.41 Å². The number of thiazole rings is 1. The zero-order valence-corrected chi connectivity index (χ0v) is 12.3. The van der Waals surface area contributed by atoms with Crippen molar-refractivity contribution >= 4 is 11.3 Å². The number of nitrogens with zero attached hydrogens (tertiary/aromatic N) is 1. The van der Waals surface area contributed by atoms with Crippen LogP contribution in [0.5, 0.6) is 0 Å². The van der Waals surface area contributed by atoms with Crippen LogP contribution in [0.1, 0.15) is 73.9 Å². The van der Waals surface area contributed by atoms with E-state index in [1.54, 1.807) is 0 Å². The number of rotatable bonds is 1. The van der Waals surface area contributed by atoms with Crippen molar-refractivity contribution < 1.29 is 0 Å². The Bertz CT molecular complexity index is 337. The van der Waals surface area contributed by atoms with E-state index in [0.29, 0.717) is 5.41 Å². The van der Waals surface area contributed by atoms with E-state index >= 15 is 0 Å². The molecule has 0 atom stereocenters. The molecule has 0 saturated heterocycles. The highest BCUT2D eigenvalue weighted by atomic mass is 32.1. The summed E-state index contributed by atoms with van der Waals surface area (Å²) in [7, 11) is 0. The van der Waals surface area contributed by atoms with Crippen LogP contribution < -0.4 is 0 Å². The fraction of sp³-hybridized carbons (Fsp3) is 0.800. The van der Waals surface area contributed by atoms with Gasteiger partial charge >= 0.3 is 0 Å². The van der Waals surface area contributed by atoms with Crippen LogP contribution in [0.25, 0.3) is 0 Å². The Hall–Kier alpha value is -0.370. The third-order valence-electron chi connectivity index (χ3n) is 4.25. The molecule has 17 heavy (non-hydrogen) atoms. The lowest BCUT2D eigenvalue weighted by atomic mass is 9.81. The third kappa shape index (κ3) is 3.09. The normalized spacial score (nSPS) is 21.6. The topological polar surface area (TPSA) is 12.9 Å². The van der Waals surface area contributed by atoms with Crippen molar-refractivity contribution in [3.63, 3.8) is 0 Å². The minimum Gasteiger partial charge on any atom is -0.246 e. The molecule has 0 aromatic carbocycles. The molecule has 1 saturated carbocycles. The quantitative estimate of drug-likeness (QED) is 0.672. The molecule has 1 nitrogen and oxygen atoms in total. The lowest BCUT2D eigenvalue weighted by Gasteiger charge is -2.27. The summed E-state index contributed by atoms with van der Waals surface area (Å²) in [5.41, 5.74) is 1.60. The van der Waals surface area contributed by atoms with Crippen LogP contribution in [0.4, 0.5) is 0 Å². The van der Waals surface area contributed by atoms with Crippen molar-refractivity contribution in [3.8, 4) is 0 Å². The summed E-state index contributed by atoms with van der Waals surface area (Å²) >= 11 is 1.93. The van der Waals surface area contributed by atoms with Gasteiger partial charge in [-0.3, -0.25) is 0 Å². The third-order valence-corrected chi connectivity index (χ3v) is 5.63. The minimum absolute atomic E-state index is 0.355. The Morgan fingerprint density at radius 2 is 1.47 bits per heavy atom. The number of hydrogen-bond acceptors (Lipinski definition) is 2. The Balaban J connectivity index is 2.18. The maximum atomic E-state index is 4.83. The first-order chi connectivity index (χ1) is 8.12. The second-order valence-corrected chi connectivity index (χ2v) is 7.05. The van der Waals surface area contributed by atoms with E-state index in [1.165, 1.54) is 66.9 Å². The molecular formula is C15H25NS. The second-order valence-electron chi connectivity index (χ2n) is 5.84. The van der Waals surface area contributed by atoms with Crippen LogP contribution in [0.2, 0.25) is 0 Å². The number of aromatic nitrogens is 1. The molecule has 1 fully saturated rings. The summed E-state index contributed by atoms with van der Waals surface area (Å²) in [6, 6.07) is 0. The Morgan fingerprint density at radius 1 is 0.941 bits per heavy atom. The molecule has 1 aromatic heterocycles. The van der Waals surface area contributed by atoms with Gasteiger partial charge in [-0.2, -0.15) is 0 Å². The molecule has 2 rings (SSSR count). The van der Waals surface area contributed by atoms with Gasteiger partial charge in [0, 0.05) is 10.3 Å².